The second kappa shape index (κ2) is 6.07. The van der Waals surface area contributed by atoms with Crippen molar-refractivity contribution in [1.29, 1.82) is 0 Å². The van der Waals surface area contributed by atoms with Crippen LogP contribution in [0.2, 0.25) is 9.36 Å². The number of aryl methyl sites for hydroxylation is 1. The molecule has 0 aliphatic heterocycles. The first-order valence-electron chi connectivity index (χ1n) is 5.86. The van der Waals surface area contributed by atoms with Crippen molar-refractivity contribution in [3.05, 3.63) is 55.7 Å². The molecule has 0 radical (unpaired) electrons. The topological polar surface area (TPSA) is 12.0 Å². The Morgan fingerprint density at radius 3 is 2.61 bits per heavy atom. The first-order valence-corrected chi connectivity index (χ1v) is 7.43. The zero-order valence-corrected chi connectivity index (χ0v) is 12.7. The van der Waals surface area contributed by atoms with Crippen LogP contribution in [0.15, 0.2) is 30.3 Å². The number of hydrogen-bond acceptors (Lipinski definition) is 2. The molecular formula is C14H15Cl2NS. The van der Waals surface area contributed by atoms with Gasteiger partial charge in [-0.25, -0.2) is 0 Å². The summed E-state index contributed by atoms with van der Waals surface area (Å²) in [6.07, 6.45) is 0. The van der Waals surface area contributed by atoms with E-state index < -0.39 is 0 Å². The molecule has 0 bridgehead atoms. The van der Waals surface area contributed by atoms with Crippen molar-refractivity contribution >= 4 is 34.5 Å². The smallest absolute Gasteiger partial charge is 0.0961 e. The van der Waals surface area contributed by atoms with Gasteiger partial charge in [0.25, 0.3) is 0 Å². The molecule has 1 aromatic carbocycles. The zero-order chi connectivity index (χ0) is 13.1. The molecule has 1 atom stereocenters. The van der Waals surface area contributed by atoms with Gasteiger partial charge in [-0.15, -0.1) is 11.3 Å². The van der Waals surface area contributed by atoms with Crippen LogP contribution in [-0.2, 0) is 0 Å². The molecule has 1 heterocycles. The van der Waals surface area contributed by atoms with E-state index in [0.717, 1.165) is 21.5 Å². The van der Waals surface area contributed by atoms with Gasteiger partial charge in [0.1, 0.15) is 0 Å². The van der Waals surface area contributed by atoms with Crippen LogP contribution in [0.3, 0.4) is 0 Å². The first kappa shape index (κ1) is 13.9. The van der Waals surface area contributed by atoms with Crippen LogP contribution in [0.4, 0.5) is 0 Å². The summed E-state index contributed by atoms with van der Waals surface area (Å²) < 4.78 is 0.856. The number of thiophene rings is 1. The third kappa shape index (κ3) is 3.07. The van der Waals surface area contributed by atoms with E-state index in [9.17, 15) is 0 Å². The fraction of sp³-hybridized carbons (Fsp3) is 0.286. The highest BCUT2D eigenvalue weighted by Gasteiger charge is 2.16. The van der Waals surface area contributed by atoms with Crippen LogP contribution in [0, 0.1) is 6.92 Å². The number of benzene rings is 1. The molecule has 0 spiro atoms. The highest BCUT2D eigenvalue weighted by Crippen LogP contribution is 2.34. The predicted molar refractivity (Wildman–Crippen MR) is 81.0 cm³/mol. The van der Waals surface area contributed by atoms with E-state index in [4.69, 9.17) is 23.2 Å². The van der Waals surface area contributed by atoms with Crippen LogP contribution >= 0.6 is 34.5 Å². The molecule has 0 fully saturated rings. The van der Waals surface area contributed by atoms with Crippen LogP contribution in [0.5, 0.6) is 0 Å². The summed E-state index contributed by atoms with van der Waals surface area (Å²) >= 11 is 13.8. The number of hydrogen-bond donors (Lipinski definition) is 1. The van der Waals surface area contributed by atoms with Crippen molar-refractivity contribution < 1.29 is 0 Å². The minimum absolute atomic E-state index is 0.157. The lowest BCUT2D eigenvalue weighted by Crippen LogP contribution is -2.21. The summed E-state index contributed by atoms with van der Waals surface area (Å²) in [5.41, 5.74) is 2.30. The average Bonchev–Trinajstić information content (AvgIpc) is 2.66. The molecule has 0 aliphatic carbocycles. The molecule has 2 aromatic rings. The summed E-state index contributed by atoms with van der Waals surface area (Å²) in [5.74, 6) is 0. The number of rotatable bonds is 4. The summed E-state index contributed by atoms with van der Waals surface area (Å²) in [7, 11) is 0. The standard InChI is InChI=1S/C14H15Cl2NS/c1-3-17-13(10-5-4-6-11(15)8-10)12-7-9(2)14(16)18-12/h4-8,13,17H,3H2,1-2H3. The van der Waals surface area contributed by atoms with Gasteiger partial charge in [-0.2, -0.15) is 0 Å². The Balaban J connectivity index is 2.39. The van der Waals surface area contributed by atoms with E-state index in [-0.39, 0.29) is 6.04 Å². The molecule has 1 N–H and O–H groups in total. The molecule has 0 aliphatic rings. The lowest BCUT2D eigenvalue weighted by molar-refractivity contribution is 0.639. The summed E-state index contributed by atoms with van der Waals surface area (Å²) in [5, 5.41) is 4.24. The molecule has 0 amide bonds. The highest BCUT2D eigenvalue weighted by atomic mass is 35.5. The molecule has 18 heavy (non-hydrogen) atoms. The van der Waals surface area contributed by atoms with Gasteiger partial charge in [0.2, 0.25) is 0 Å². The van der Waals surface area contributed by atoms with Crippen molar-refractivity contribution in [2.24, 2.45) is 0 Å². The van der Waals surface area contributed by atoms with Gasteiger partial charge < -0.3 is 5.32 Å². The van der Waals surface area contributed by atoms with Crippen molar-refractivity contribution in [2.75, 3.05) is 6.54 Å². The Morgan fingerprint density at radius 1 is 1.28 bits per heavy atom. The maximum Gasteiger partial charge on any atom is 0.0961 e. The Kier molecular flexibility index (Phi) is 4.68. The van der Waals surface area contributed by atoms with Gasteiger partial charge in [0, 0.05) is 9.90 Å². The molecular weight excluding hydrogens is 285 g/mol. The van der Waals surface area contributed by atoms with E-state index in [1.807, 2.05) is 25.1 Å². The average molecular weight is 300 g/mol. The van der Waals surface area contributed by atoms with Crippen molar-refractivity contribution in [3.63, 3.8) is 0 Å². The largest absolute Gasteiger partial charge is 0.306 e. The van der Waals surface area contributed by atoms with E-state index >= 15 is 0 Å². The zero-order valence-electron chi connectivity index (χ0n) is 10.3. The molecule has 1 nitrogen and oxygen atoms in total. The van der Waals surface area contributed by atoms with Crippen LogP contribution < -0.4 is 5.32 Å². The number of halogens is 2. The molecule has 2 rings (SSSR count). The lowest BCUT2D eigenvalue weighted by Gasteiger charge is -2.17. The fourth-order valence-electron chi connectivity index (χ4n) is 1.90. The number of nitrogens with one attached hydrogen (secondary N) is 1. The molecule has 0 saturated heterocycles. The van der Waals surface area contributed by atoms with Crippen LogP contribution in [-0.4, -0.2) is 6.54 Å². The second-order valence-corrected chi connectivity index (χ2v) is 6.27. The van der Waals surface area contributed by atoms with Crippen LogP contribution in [0.1, 0.15) is 29.0 Å². The Hall–Kier alpha value is -0.540. The fourth-order valence-corrected chi connectivity index (χ4v) is 3.42. The van der Waals surface area contributed by atoms with Crippen molar-refractivity contribution in [1.82, 2.24) is 5.32 Å². The maximum atomic E-state index is 6.16. The minimum Gasteiger partial charge on any atom is -0.306 e. The van der Waals surface area contributed by atoms with Gasteiger partial charge in [-0.05, 0) is 42.8 Å². The van der Waals surface area contributed by atoms with E-state index in [2.05, 4.69) is 24.4 Å². The minimum atomic E-state index is 0.157. The van der Waals surface area contributed by atoms with Crippen LogP contribution in [0.25, 0.3) is 0 Å². The molecule has 96 valence electrons. The van der Waals surface area contributed by atoms with Gasteiger partial charge in [-0.3, -0.25) is 0 Å². The quantitative estimate of drug-likeness (QED) is 0.832. The van der Waals surface area contributed by atoms with Crippen molar-refractivity contribution in [2.45, 2.75) is 19.9 Å². The molecule has 4 heteroatoms. The Bertz CT molecular complexity index is 517. The third-order valence-corrected chi connectivity index (χ3v) is 4.61. The lowest BCUT2D eigenvalue weighted by atomic mass is 10.0. The Labute approximate surface area is 122 Å². The van der Waals surface area contributed by atoms with E-state index in [0.29, 0.717) is 0 Å². The normalized spacial score (nSPS) is 12.7. The SMILES string of the molecule is CCNC(c1cccc(Cl)c1)c1cc(C)c(Cl)s1. The van der Waals surface area contributed by atoms with E-state index in [1.165, 1.54) is 10.4 Å². The summed E-state index contributed by atoms with van der Waals surface area (Å²) in [6, 6.07) is 10.2. The van der Waals surface area contributed by atoms with Gasteiger partial charge >= 0.3 is 0 Å². The highest BCUT2D eigenvalue weighted by molar-refractivity contribution is 7.16. The summed E-state index contributed by atoms with van der Waals surface area (Å²) in [6.45, 7) is 5.02. The maximum absolute atomic E-state index is 6.16. The first-order chi connectivity index (χ1) is 8.61. The van der Waals surface area contributed by atoms with Crippen molar-refractivity contribution in [3.8, 4) is 0 Å². The van der Waals surface area contributed by atoms with Gasteiger partial charge in [-0.1, -0.05) is 42.3 Å². The van der Waals surface area contributed by atoms with Gasteiger partial charge in [0.15, 0.2) is 0 Å². The van der Waals surface area contributed by atoms with E-state index in [1.54, 1.807) is 11.3 Å². The second-order valence-electron chi connectivity index (χ2n) is 4.15. The monoisotopic (exact) mass is 299 g/mol. The van der Waals surface area contributed by atoms with Gasteiger partial charge in [0.05, 0.1) is 10.4 Å². The predicted octanol–water partition coefficient (Wildman–Crippen LogP) is 5.06. The third-order valence-electron chi connectivity index (χ3n) is 2.75. The molecule has 1 aromatic heterocycles. The molecule has 0 saturated carbocycles. The summed E-state index contributed by atoms with van der Waals surface area (Å²) in [4.78, 5) is 1.22. The Morgan fingerprint density at radius 2 is 2.06 bits per heavy atom. The molecule has 1 unspecified atom stereocenters.